The zero-order valence-corrected chi connectivity index (χ0v) is 16.2. The number of rotatable bonds is 4. The third-order valence-corrected chi connectivity index (χ3v) is 4.35. The predicted octanol–water partition coefficient (Wildman–Crippen LogP) is 2.64. The highest BCUT2D eigenvalue weighted by molar-refractivity contribution is 6.01. The molecule has 1 saturated heterocycles. The quantitative estimate of drug-likeness (QED) is 0.861. The highest BCUT2D eigenvalue weighted by atomic mass is 16.5. The summed E-state index contributed by atoms with van der Waals surface area (Å²) in [6.07, 6.45) is 1.65. The molecule has 1 aliphatic heterocycles. The molecule has 1 aliphatic rings. The lowest BCUT2D eigenvalue weighted by Crippen LogP contribution is -2.37. The molecule has 0 spiro atoms. The van der Waals surface area contributed by atoms with Gasteiger partial charge in [0.15, 0.2) is 5.82 Å². The molecule has 0 saturated carbocycles. The molecule has 2 amide bonds. The van der Waals surface area contributed by atoms with Crippen molar-refractivity contribution in [3.05, 3.63) is 35.5 Å². The maximum atomic E-state index is 12.5. The molecule has 1 aromatic carbocycles. The van der Waals surface area contributed by atoms with E-state index in [1.807, 2.05) is 51.0 Å². The number of aryl methyl sites for hydroxylation is 2. The molecule has 1 fully saturated rings. The van der Waals surface area contributed by atoms with Crippen molar-refractivity contribution >= 4 is 29.2 Å². The van der Waals surface area contributed by atoms with Crippen LogP contribution < -0.4 is 20.4 Å². The van der Waals surface area contributed by atoms with E-state index < -0.39 is 0 Å². The Morgan fingerprint density at radius 3 is 2.52 bits per heavy atom. The molecule has 0 aliphatic carbocycles. The van der Waals surface area contributed by atoms with Crippen LogP contribution in [-0.4, -0.2) is 56.4 Å². The average Bonchev–Trinajstić information content (AvgIpc) is 2.65. The minimum atomic E-state index is -0.326. The van der Waals surface area contributed by atoms with Gasteiger partial charge < -0.3 is 25.2 Å². The highest BCUT2D eigenvalue weighted by Gasteiger charge is 2.18. The molecule has 2 N–H and O–H groups in total. The molecule has 0 bridgehead atoms. The average molecular weight is 370 g/mol. The van der Waals surface area contributed by atoms with Crippen LogP contribution in [0, 0.1) is 13.8 Å². The van der Waals surface area contributed by atoms with Crippen molar-refractivity contribution in [1.82, 2.24) is 9.97 Å². The van der Waals surface area contributed by atoms with Crippen LogP contribution in [0.15, 0.2) is 24.4 Å². The molecule has 8 heteroatoms. The Morgan fingerprint density at radius 2 is 1.85 bits per heavy atom. The lowest BCUT2D eigenvalue weighted by molar-refractivity contribution is 0.122. The van der Waals surface area contributed by atoms with Gasteiger partial charge in [-0.1, -0.05) is 17.7 Å². The summed E-state index contributed by atoms with van der Waals surface area (Å²) in [6, 6.07) is 5.57. The lowest BCUT2D eigenvalue weighted by Gasteiger charge is -2.28. The first-order chi connectivity index (χ1) is 12.9. The minimum absolute atomic E-state index is 0.326. The van der Waals surface area contributed by atoms with E-state index in [1.165, 1.54) is 0 Å². The van der Waals surface area contributed by atoms with Crippen molar-refractivity contribution in [3.8, 4) is 0 Å². The summed E-state index contributed by atoms with van der Waals surface area (Å²) in [5, 5.41) is 5.73. The first kappa shape index (κ1) is 18.9. The molecule has 1 aromatic heterocycles. The number of amides is 2. The summed E-state index contributed by atoms with van der Waals surface area (Å²) < 4.78 is 5.38. The van der Waals surface area contributed by atoms with E-state index in [0.29, 0.717) is 30.7 Å². The van der Waals surface area contributed by atoms with Gasteiger partial charge in [0.25, 0.3) is 0 Å². The Balaban J connectivity index is 1.75. The molecule has 0 atom stereocenters. The van der Waals surface area contributed by atoms with E-state index in [-0.39, 0.29) is 6.03 Å². The predicted molar refractivity (Wildman–Crippen MR) is 108 cm³/mol. The van der Waals surface area contributed by atoms with Crippen molar-refractivity contribution in [3.63, 3.8) is 0 Å². The van der Waals surface area contributed by atoms with Gasteiger partial charge in [-0.3, -0.25) is 0 Å². The van der Waals surface area contributed by atoms with Crippen LogP contribution in [0.25, 0.3) is 0 Å². The molecule has 3 rings (SSSR count). The SMILES string of the molecule is Cc1ccc(NC(=O)Nc2cnc(N3CCOCC3)nc2N(C)C)c(C)c1. The number of morpholine rings is 1. The number of anilines is 4. The number of carbonyl (C=O) groups excluding carboxylic acids is 1. The number of nitrogens with one attached hydrogen (secondary N) is 2. The topological polar surface area (TPSA) is 82.6 Å². The van der Waals surface area contributed by atoms with E-state index in [0.717, 1.165) is 29.9 Å². The Morgan fingerprint density at radius 1 is 1.15 bits per heavy atom. The largest absolute Gasteiger partial charge is 0.378 e. The fourth-order valence-electron chi connectivity index (χ4n) is 2.94. The first-order valence-corrected chi connectivity index (χ1v) is 8.96. The fraction of sp³-hybridized carbons (Fsp3) is 0.421. The monoisotopic (exact) mass is 370 g/mol. The Labute approximate surface area is 159 Å². The summed E-state index contributed by atoms with van der Waals surface area (Å²) in [4.78, 5) is 25.4. The van der Waals surface area contributed by atoms with Crippen molar-refractivity contribution in [2.45, 2.75) is 13.8 Å². The molecule has 8 nitrogen and oxygen atoms in total. The van der Waals surface area contributed by atoms with E-state index in [4.69, 9.17) is 4.74 Å². The molecule has 144 valence electrons. The smallest absolute Gasteiger partial charge is 0.323 e. The number of urea groups is 1. The molecular formula is C19H26N6O2. The van der Waals surface area contributed by atoms with Gasteiger partial charge in [0.2, 0.25) is 5.95 Å². The Kier molecular flexibility index (Phi) is 5.75. The molecule has 0 unspecified atom stereocenters. The standard InChI is InChI=1S/C19H26N6O2/c1-13-5-6-15(14(2)11-13)21-19(26)22-16-12-20-18(23-17(16)24(3)4)25-7-9-27-10-8-25/h5-6,11-12H,7-10H2,1-4H3,(H2,21,22,26). The van der Waals surface area contributed by atoms with Crippen LogP contribution in [-0.2, 0) is 4.74 Å². The zero-order chi connectivity index (χ0) is 19.4. The van der Waals surface area contributed by atoms with Crippen LogP contribution >= 0.6 is 0 Å². The number of carbonyl (C=O) groups is 1. The number of nitrogens with zero attached hydrogens (tertiary/aromatic N) is 4. The van der Waals surface area contributed by atoms with Crippen LogP contribution in [0.1, 0.15) is 11.1 Å². The first-order valence-electron chi connectivity index (χ1n) is 8.96. The number of aromatic nitrogens is 2. The summed E-state index contributed by atoms with van der Waals surface area (Å²) in [6.45, 7) is 6.83. The van der Waals surface area contributed by atoms with E-state index >= 15 is 0 Å². The summed E-state index contributed by atoms with van der Waals surface area (Å²) in [5.41, 5.74) is 3.49. The van der Waals surface area contributed by atoms with Gasteiger partial charge in [-0.2, -0.15) is 4.98 Å². The summed E-state index contributed by atoms with van der Waals surface area (Å²) in [5.74, 6) is 1.30. The second kappa shape index (κ2) is 8.22. The van der Waals surface area contributed by atoms with Gasteiger partial charge in [-0.25, -0.2) is 9.78 Å². The van der Waals surface area contributed by atoms with Crippen LogP contribution in [0.3, 0.4) is 0 Å². The van der Waals surface area contributed by atoms with E-state index in [2.05, 4.69) is 25.5 Å². The van der Waals surface area contributed by atoms with E-state index in [1.54, 1.807) is 6.20 Å². The van der Waals surface area contributed by atoms with E-state index in [9.17, 15) is 4.79 Å². The van der Waals surface area contributed by atoms with Gasteiger partial charge in [-0.05, 0) is 25.5 Å². The van der Waals surface area contributed by atoms with Crippen LogP contribution in [0.2, 0.25) is 0 Å². The summed E-state index contributed by atoms with van der Waals surface area (Å²) in [7, 11) is 3.78. The van der Waals surface area contributed by atoms with Gasteiger partial charge in [0, 0.05) is 32.9 Å². The van der Waals surface area contributed by atoms with Crippen LogP contribution in [0.5, 0.6) is 0 Å². The third kappa shape index (κ3) is 4.65. The van der Waals surface area contributed by atoms with Gasteiger partial charge in [-0.15, -0.1) is 0 Å². The summed E-state index contributed by atoms with van der Waals surface area (Å²) >= 11 is 0. The second-order valence-corrected chi connectivity index (χ2v) is 6.80. The molecule has 27 heavy (non-hydrogen) atoms. The molecule has 2 heterocycles. The zero-order valence-electron chi connectivity index (χ0n) is 16.2. The number of hydrogen-bond donors (Lipinski definition) is 2. The van der Waals surface area contributed by atoms with Crippen molar-refractivity contribution in [1.29, 1.82) is 0 Å². The van der Waals surface area contributed by atoms with Gasteiger partial charge in [0.1, 0.15) is 5.69 Å². The maximum Gasteiger partial charge on any atom is 0.323 e. The number of ether oxygens (including phenoxy) is 1. The normalized spacial score (nSPS) is 14.0. The number of benzene rings is 1. The molecule has 2 aromatic rings. The second-order valence-electron chi connectivity index (χ2n) is 6.80. The van der Waals surface area contributed by atoms with Crippen molar-refractivity contribution < 1.29 is 9.53 Å². The van der Waals surface area contributed by atoms with Crippen molar-refractivity contribution in [2.75, 3.05) is 60.8 Å². The lowest BCUT2D eigenvalue weighted by atomic mass is 10.1. The van der Waals surface area contributed by atoms with Gasteiger partial charge in [0.05, 0.1) is 19.4 Å². The molecule has 0 radical (unpaired) electrons. The van der Waals surface area contributed by atoms with Crippen LogP contribution in [0.4, 0.5) is 27.9 Å². The fourth-order valence-corrected chi connectivity index (χ4v) is 2.94. The third-order valence-electron chi connectivity index (χ3n) is 4.35. The number of hydrogen-bond acceptors (Lipinski definition) is 6. The Bertz CT molecular complexity index is 818. The minimum Gasteiger partial charge on any atom is -0.378 e. The Hall–Kier alpha value is -2.87. The van der Waals surface area contributed by atoms with Crippen molar-refractivity contribution in [2.24, 2.45) is 0 Å². The maximum absolute atomic E-state index is 12.5. The highest BCUT2D eigenvalue weighted by Crippen LogP contribution is 2.24. The molecular weight excluding hydrogens is 344 g/mol. The van der Waals surface area contributed by atoms with Gasteiger partial charge >= 0.3 is 6.03 Å².